The Morgan fingerprint density at radius 2 is 1.57 bits per heavy atom. The quantitative estimate of drug-likeness (QED) is 0.675. The summed E-state index contributed by atoms with van der Waals surface area (Å²) in [7, 11) is 0. The fourth-order valence-corrected chi connectivity index (χ4v) is 5.16. The third-order valence-electron chi connectivity index (χ3n) is 6.66. The van der Waals surface area contributed by atoms with Gasteiger partial charge in [-0.25, -0.2) is 0 Å². The lowest BCUT2D eigenvalue weighted by Crippen LogP contribution is -2.47. The molecule has 0 spiro atoms. The molecule has 0 radical (unpaired) electrons. The summed E-state index contributed by atoms with van der Waals surface area (Å²) in [5.41, 5.74) is 1.33. The Morgan fingerprint density at radius 1 is 0.786 bits per heavy atom. The maximum absolute atomic E-state index is 5.99. The first-order valence-corrected chi connectivity index (χ1v) is 10.8. The van der Waals surface area contributed by atoms with E-state index in [0.29, 0.717) is 0 Å². The summed E-state index contributed by atoms with van der Waals surface area (Å²) in [6, 6.07) is 18.6. The molecular weight excluding hydrogens is 344 g/mol. The fraction of sp³-hybridized carbons (Fsp3) is 0.440. The van der Waals surface area contributed by atoms with Gasteiger partial charge in [-0.15, -0.1) is 0 Å². The van der Waals surface area contributed by atoms with E-state index in [9.17, 15) is 0 Å². The van der Waals surface area contributed by atoms with Gasteiger partial charge in [-0.2, -0.15) is 0 Å². The van der Waals surface area contributed by atoms with Gasteiger partial charge in [0, 0.05) is 39.3 Å². The number of allylic oxidation sites excluding steroid dienone is 2. The monoisotopic (exact) mass is 374 g/mol. The zero-order valence-electron chi connectivity index (χ0n) is 16.5. The Hall–Kier alpha value is -2.10. The Bertz CT molecular complexity index is 810. The van der Waals surface area contributed by atoms with Crippen LogP contribution in [0, 0.1) is 17.8 Å². The van der Waals surface area contributed by atoms with E-state index < -0.39 is 0 Å². The minimum absolute atomic E-state index is 0.871. The molecule has 3 heteroatoms. The molecule has 1 aliphatic heterocycles. The van der Waals surface area contributed by atoms with Gasteiger partial charge in [0.2, 0.25) is 0 Å². The van der Waals surface area contributed by atoms with Crippen LogP contribution in [0.4, 0.5) is 0 Å². The molecule has 1 saturated carbocycles. The number of benzene rings is 2. The molecule has 3 nitrogen and oxygen atoms in total. The largest absolute Gasteiger partial charge is 0.457 e. The van der Waals surface area contributed by atoms with Crippen molar-refractivity contribution in [1.29, 1.82) is 0 Å². The van der Waals surface area contributed by atoms with E-state index in [1.807, 2.05) is 36.4 Å². The van der Waals surface area contributed by atoms with E-state index in [2.05, 4.69) is 40.2 Å². The number of hydrogen-bond donors (Lipinski definition) is 0. The average Bonchev–Trinajstić information content (AvgIpc) is 3.34. The molecule has 3 atom stereocenters. The highest BCUT2D eigenvalue weighted by molar-refractivity contribution is 5.33. The Balaban J connectivity index is 1.12. The summed E-state index contributed by atoms with van der Waals surface area (Å²) in [6.45, 7) is 7.06. The third-order valence-corrected chi connectivity index (χ3v) is 6.66. The first-order chi connectivity index (χ1) is 13.8. The normalized spacial score (nSPS) is 27.4. The molecule has 28 heavy (non-hydrogen) atoms. The summed E-state index contributed by atoms with van der Waals surface area (Å²) < 4.78 is 5.99. The number of hydrogen-bond acceptors (Lipinski definition) is 3. The molecule has 1 heterocycles. The van der Waals surface area contributed by atoms with Gasteiger partial charge in [-0.05, 0) is 60.4 Å². The van der Waals surface area contributed by atoms with Gasteiger partial charge in [0.25, 0.3) is 0 Å². The highest BCUT2D eigenvalue weighted by atomic mass is 16.5. The molecule has 2 aromatic carbocycles. The number of para-hydroxylation sites is 1. The van der Waals surface area contributed by atoms with Crippen LogP contribution in [-0.4, -0.2) is 42.5 Å². The van der Waals surface area contributed by atoms with Crippen LogP contribution in [0.25, 0.3) is 0 Å². The molecule has 2 aliphatic carbocycles. The number of nitrogens with zero attached hydrogens (tertiary/aromatic N) is 2. The standard InChI is InChI=1S/C25H30N2O/c1-2-6-24(7-3-1)28-25-8-4-5-21(17-25)18-26-11-13-27(14-12-26)19-23-16-20-9-10-22(23)15-20/h1-10,17,20,22-23H,11-16,18-19H2. The predicted molar refractivity (Wildman–Crippen MR) is 114 cm³/mol. The van der Waals surface area contributed by atoms with Crippen LogP contribution in [0.15, 0.2) is 66.7 Å². The van der Waals surface area contributed by atoms with Crippen LogP contribution in [0.2, 0.25) is 0 Å². The van der Waals surface area contributed by atoms with Gasteiger partial charge >= 0.3 is 0 Å². The van der Waals surface area contributed by atoms with Crippen LogP contribution < -0.4 is 4.74 Å². The lowest BCUT2D eigenvalue weighted by Gasteiger charge is -2.37. The third kappa shape index (κ3) is 4.16. The fourth-order valence-electron chi connectivity index (χ4n) is 5.16. The molecule has 2 aromatic rings. The molecule has 3 aliphatic rings. The van der Waals surface area contributed by atoms with Crippen LogP contribution in [0.3, 0.4) is 0 Å². The number of ether oxygens (including phenoxy) is 1. The maximum atomic E-state index is 5.99. The average molecular weight is 375 g/mol. The van der Waals surface area contributed by atoms with Crippen LogP contribution in [-0.2, 0) is 6.54 Å². The van der Waals surface area contributed by atoms with E-state index in [1.54, 1.807) is 0 Å². The second kappa shape index (κ2) is 8.10. The van der Waals surface area contributed by atoms with Crippen molar-refractivity contribution in [2.24, 2.45) is 17.8 Å². The number of fused-ring (bicyclic) bond motifs is 2. The van der Waals surface area contributed by atoms with E-state index in [4.69, 9.17) is 4.74 Å². The van der Waals surface area contributed by atoms with Crippen molar-refractivity contribution < 1.29 is 4.74 Å². The topological polar surface area (TPSA) is 15.7 Å². The van der Waals surface area contributed by atoms with Crippen LogP contribution in [0.1, 0.15) is 18.4 Å². The van der Waals surface area contributed by atoms with Crippen LogP contribution in [0.5, 0.6) is 11.5 Å². The molecule has 5 rings (SSSR count). The zero-order valence-corrected chi connectivity index (χ0v) is 16.5. The number of piperazine rings is 1. The second-order valence-electron chi connectivity index (χ2n) is 8.68. The summed E-state index contributed by atoms with van der Waals surface area (Å²) in [5, 5.41) is 0. The van der Waals surface area contributed by atoms with E-state index in [1.165, 1.54) is 51.1 Å². The SMILES string of the molecule is C1=CC2CC1CC2CN1CCN(Cc2cccc(Oc3ccccc3)c2)CC1. The summed E-state index contributed by atoms with van der Waals surface area (Å²) >= 11 is 0. The van der Waals surface area contributed by atoms with Crippen molar-refractivity contribution in [3.63, 3.8) is 0 Å². The second-order valence-corrected chi connectivity index (χ2v) is 8.68. The first-order valence-electron chi connectivity index (χ1n) is 10.8. The van der Waals surface area contributed by atoms with Gasteiger partial charge < -0.3 is 9.64 Å². The molecule has 0 amide bonds. The van der Waals surface area contributed by atoms with Crippen molar-refractivity contribution in [3.8, 4) is 11.5 Å². The molecule has 3 unspecified atom stereocenters. The minimum atomic E-state index is 0.871. The predicted octanol–water partition coefficient (Wildman–Crippen LogP) is 4.81. The molecular formula is C25H30N2O. The molecule has 2 fully saturated rings. The van der Waals surface area contributed by atoms with E-state index in [-0.39, 0.29) is 0 Å². The lowest BCUT2D eigenvalue weighted by atomic mass is 9.93. The van der Waals surface area contributed by atoms with Gasteiger partial charge in [0.15, 0.2) is 0 Å². The van der Waals surface area contributed by atoms with Crippen molar-refractivity contribution in [2.75, 3.05) is 32.7 Å². The molecule has 146 valence electrons. The maximum Gasteiger partial charge on any atom is 0.127 e. The Morgan fingerprint density at radius 3 is 2.32 bits per heavy atom. The van der Waals surface area contributed by atoms with E-state index in [0.717, 1.165) is 35.8 Å². The molecule has 2 bridgehead atoms. The molecule has 0 aromatic heterocycles. The van der Waals surface area contributed by atoms with Gasteiger partial charge in [0.1, 0.15) is 11.5 Å². The van der Waals surface area contributed by atoms with Gasteiger partial charge in [-0.3, -0.25) is 4.90 Å². The molecule has 0 N–H and O–H groups in total. The van der Waals surface area contributed by atoms with E-state index >= 15 is 0 Å². The van der Waals surface area contributed by atoms with Crippen molar-refractivity contribution in [1.82, 2.24) is 9.80 Å². The molecule has 1 saturated heterocycles. The van der Waals surface area contributed by atoms with Crippen LogP contribution >= 0.6 is 0 Å². The summed E-state index contributed by atoms with van der Waals surface area (Å²) in [5.74, 6) is 4.49. The highest BCUT2D eigenvalue weighted by Gasteiger charge is 2.36. The minimum Gasteiger partial charge on any atom is -0.457 e. The van der Waals surface area contributed by atoms with Gasteiger partial charge in [-0.1, -0.05) is 42.5 Å². The highest BCUT2D eigenvalue weighted by Crippen LogP contribution is 2.43. The van der Waals surface area contributed by atoms with Crippen molar-refractivity contribution in [3.05, 3.63) is 72.3 Å². The Kier molecular flexibility index (Phi) is 5.20. The first kappa shape index (κ1) is 18.0. The van der Waals surface area contributed by atoms with Crippen molar-refractivity contribution >= 4 is 0 Å². The van der Waals surface area contributed by atoms with Crippen molar-refractivity contribution in [2.45, 2.75) is 19.4 Å². The smallest absolute Gasteiger partial charge is 0.127 e. The summed E-state index contributed by atoms with van der Waals surface area (Å²) in [4.78, 5) is 5.28. The van der Waals surface area contributed by atoms with Gasteiger partial charge in [0.05, 0.1) is 0 Å². The lowest BCUT2D eigenvalue weighted by molar-refractivity contribution is 0.108. The summed E-state index contributed by atoms with van der Waals surface area (Å²) in [6.07, 6.45) is 7.79. The Labute approximate surface area is 168 Å². The number of rotatable bonds is 6. The zero-order chi connectivity index (χ0) is 18.8.